The fourth-order valence-corrected chi connectivity index (χ4v) is 3.01. The second-order valence-electron chi connectivity index (χ2n) is 5.08. The van der Waals surface area contributed by atoms with Gasteiger partial charge in [-0.05, 0) is 12.1 Å². The molecule has 0 aliphatic rings. The number of carbonyl (C=O) groups is 1. The molecule has 0 saturated heterocycles. The first-order chi connectivity index (χ1) is 12.2. The zero-order chi connectivity index (χ0) is 17.6. The largest absolute Gasteiger partial charge is 0.497 e. The molecular weight excluding hydrogens is 344 g/mol. The van der Waals surface area contributed by atoms with Crippen molar-refractivity contribution in [2.75, 3.05) is 39.4 Å². The average Bonchev–Trinajstić information content (AvgIpc) is 3.18. The van der Waals surface area contributed by atoms with Gasteiger partial charge in [0.1, 0.15) is 12.4 Å². The average molecular weight is 362 g/mol. The summed E-state index contributed by atoms with van der Waals surface area (Å²) in [5.74, 6) is 0.701. The van der Waals surface area contributed by atoms with Crippen LogP contribution in [0.25, 0.3) is 16.2 Å². The molecule has 0 atom stereocenters. The summed E-state index contributed by atoms with van der Waals surface area (Å²) < 4.78 is 17.0. The molecule has 2 aromatic heterocycles. The molecule has 9 heteroatoms. The van der Waals surface area contributed by atoms with E-state index in [1.165, 1.54) is 11.3 Å². The van der Waals surface area contributed by atoms with Crippen molar-refractivity contribution >= 4 is 28.2 Å². The van der Waals surface area contributed by atoms with Crippen LogP contribution in [0, 0.1) is 0 Å². The predicted octanol–water partition coefficient (Wildman–Crippen LogP) is 2.07. The van der Waals surface area contributed by atoms with Gasteiger partial charge >= 0.3 is 0 Å². The zero-order valence-corrected chi connectivity index (χ0v) is 14.7. The maximum atomic E-state index is 11.8. The number of hydrogen-bond acceptors (Lipinski definition) is 7. The Morgan fingerprint density at radius 1 is 1.32 bits per heavy atom. The van der Waals surface area contributed by atoms with E-state index in [-0.39, 0.29) is 18.5 Å². The lowest BCUT2D eigenvalue weighted by Crippen LogP contribution is -2.20. The number of rotatable bonds is 8. The third-order valence-electron chi connectivity index (χ3n) is 3.36. The van der Waals surface area contributed by atoms with Gasteiger partial charge in [-0.15, -0.1) is 16.4 Å². The van der Waals surface area contributed by atoms with Crippen LogP contribution in [-0.4, -0.2) is 54.5 Å². The van der Waals surface area contributed by atoms with Gasteiger partial charge in [0.2, 0.25) is 4.96 Å². The molecule has 0 radical (unpaired) electrons. The Morgan fingerprint density at radius 3 is 3.00 bits per heavy atom. The number of aromatic nitrogens is 3. The van der Waals surface area contributed by atoms with Gasteiger partial charge in [0.25, 0.3) is 11.9 Å². The molecule has 0 unspecified atom stereocenters. The van der Waals surface area contributed by atoms with E-state index >= 15 is 0 Å². The maximum Gasteiger partial charge on any atom is 0.252 e. The highest BCUT2D eigenvalue weighted by Gasteiger charge is 2.13. The van der Waals surface area contributed by atoms with Crippen LogP contribution in [-0.2, 0) is 14.3 Å². The first-order valence-electron chi connectivity index (χ1n) is 7.56. The molecule has 3 aromatic rings. The fourth-order valence-electron chi connectivity index (χ4n) is 2.18. The van der Waals surface area contributed by atoms with Crippen LogP contribution in [0.4, 0.5) is 5.95 Å². The Bertz CT molecular complexity index is 861. The number of fused-ring (bicyclic) bond motifs is 1. The molecule has 8 nitrogen and oxygen atoms in total. The number of methoxy groups -OCH3 is 2. The molecule has 0 aliphatic carbocycles. The lowest BCUT2D eigenvalue weighted by Gasteiger charge is -2.03. The molecule has 1 aromatic carbocycles. The molecule has 3 rings (SSSR count). The number of benzene rings is 1. The number of hydrogen-bond donors (Lipinski definition) is 1. The van der Waals surface area contributed by atoms with Crippen LogP contribution < -0.4 is 10.1 Å². The van der Waals surface area contributed by atoms with Crippen LogP contribution in [0.2, 0.25) is 0 Å². The van der Waals surface area contributed by atoms with Crippen molar-refractivity contribution in [1.82, 2.24) is 14.6 Å². The monoisotopic (exact) mass is 362 g/mol. The zero-order valence-electron chi connectivity index (χ0n) is 13.9. The molecule has 0 fully saturated rings. The van der Waals surface area contributed by atoms with E-state index in [2.05, 4.69) is 15.4 Å². The minimum absolute atomic E-state index is 0.0705. The summed E-state index contributed by atoms with van der Waals surface area (Å²) in [5, 5.41) is 8.94. The van der Waals surface area contributed by atoms with Crippen LogP contribution in [0.5, 0.6) is 5.75 Å². The molecule has 2 heterocycles. The number of nitrogens with one attached hydrogen (secondary N) is 1. The number of thiazole rings is 1. The first kappa shape index (κ1) is 17.3. The quantitative estimate of drug-likeness (QED) is 0.617. The summed E-state index contributed by atoms with van der Waals surface area (Å²) in [5.41, 5.74) is 1.83. The maximum absolute atomic E-state index is 11.8. The number of amides is 1. The molecule has 25 heavy (non-hydrogen) atoms. The molecule has 0 spiro atoms. The van der Waals surface area contributed by atoms with Crippen molar-refractivity contribution in [1.29, 1.82) is 0 Å². The van der Waals surface area contributed by atoms with Crippen molar-refractivity contribution in [3.8, 4) is 17.0 Å². The Hall–Kier alpha value is -2.49. The topological polar surface area (TPSA) is 87.0 Å². The molecule has 1 N–H and O–H groups in total. The molecule has 1 amide bonds. The van der Waals surface area contributed by atoms with Gasteiger partial charge in [-0.2, -0.15) is 4.98 Å². The lowest BCUT2D eigenvalue weighted by molar-refractivity contribution is -0.121. The summed E-state index contributed by atoms with van der Waals surface area (Å²) in [6, 6.07) is 7.68. The highest BCUT2D eigenvalue weighted by molar-refractivity contribution is 7.15. The van der Waals surface area contributed by atoms with Crippen molar-refractivity contribution in [2.45, 2.75) is 0 Å². The molecular formula is C16H18N4O4S. The highest BCUT2D eigenvalue weighted by Crippen LogP contribution is 2.28. The first-order valence-corrected chi connectivity index (χ1v) is 8.44. The van der Waals surface area contributed by atoms with E-state index in [0.29, 0.717) is 18.2 Å². The van der Waals surface area contributed by atoms with Crippen LogP contribution >= 0.6 is 11.3 Å². The van der Waals surface area contributed by atoms with Gasteiger partial charge < -0.3 is 14.2 Å². The molecule has 0 saturated carbocycles. The minimum Gasteiger partial charge on any atom is -0.497 e. The lowest BCUT2D eigenvalue weighted by atomic mass is 10.2. The number of ether oxygens (including phenoxy) is 3. The number of nitrogens with zero attached hydrogens (tertiary/aromatic N) is 3. The van der Waals surface area contributed by atoms with Crippen molar-refractivity contribution < 1.29 is 19.0 Å². The second-order valence-corrected chi connectivity index (χ2v) is 5.91. The number of anilines is 1. The van der Waals surface area contributed by atoms with Crippen molar-refractivity contribution in [3.63, 3.8) is 0 Å². The summed E-state index contributed by atoms with van der Waals surface area (Å²) >= 11 is 1.44. The Balaban J connectivity index is 1.73. The normalized spacial score (nSPS) is 11.0. The van der Waals surface area contributed by atoms with Crippen molar-refractivity contribution in [2.24, 2.45) is 0 Å². The van der Waals surface area contributed by atoms with Gasteiger partial charge in [0, 0.05) is 18.1 Å². The highest BCUT2D eigenvalue weighted by atomic mass is 32.1. The van der Waals surface area contributed by atoms with Gasteiger partial charge in [-0.25, -0.2) is 4.52 Å². The molecule has 132 valence electrons. The summed E-state index contributed by atoms with van der Waals surface area (Å²) in [4.78, 5) is 16.8. The minimum atomic E-state index is -0.308. The number of carbonyl (C=O) groups excluding carboxylic acids is 1. The van der Waals surface area contributed by atoms with Gasteiger partial charge in [0.05, 0.1) is 26.0 Å². The van der Waals surface area contributed by atoms with E-state index in [9.17, 15) is 4.79 Å². The van der Waals surface area contributed by atoms with Gasteiger partial charge in [0.15, 0.2) is 0 Å². The van der Waals surface area contributed by atoms with E-state index in [1.54, 1.807) is 18.7 Å². The van der Waals surface area contributed by atoms with Crippen LogP contribution in [0.1, 0.15) is 0 Å². The molecule has 0 bridgehead atoms. The third-order valence-corrected chi connectivity index (χ3v) is 4.18. The van der Waals surface area contributed by atoms with E-state index in [1.807, 2.05) is 29.6 Å². The van der Waals surface area contributed by atoms with E-state index < -0.39 is 0 Å². The van der Waals surface area contributed by atoms with E-state index in [4.69, 9.17) is 14.2 Å². The van der Waals surface area contributed by atoms with Crippen LogP contribution in [0.15, 0.2) is 29.6 Å². The Labute approximate surface area is 148 Å². The van der Waals surface area contributed by atoms with Crippen molar-refractivity contribution in [3.05, 3.63) is 29.6 Å². The van der Waals surface area contributed by atoms with E-state index in [0.717, 1.165) is 17.0 Å². The van der Waals surface area contributed by atoms with Gasteiger partial charge in [-0.1, -0.05) is 12.1 Å². The SMILES string of the molecule is COCCOCC(=O)Nc1nc2scc(-c3cccc(OC)c3)n2n1. The van der Waals surface area contributed by atoms with Gasteiger partial charge in [-0.3, -0.25) is 10.1 Å². The molecule has 0 aliphatic heterocycles. The predicted molar refractivity (Wildman–Crippen MR) is 94.2 cm³/mol. The summed E-state index contributed by atoms with van der Waals surface area (Å²) in [6.07, 6.45) is 0. The summed E-state index contributed by atoms with van der Waals surface area (Å²) in [7, 11) is 3.20. The Morgan fingerprint density at radius 2 is 2.20 bits per heavy atom. The second kappa shape index (κ2) is 8.06. The third kappa shape index (κ3) is 4.13. The fraction of sp³-hybridized carbons (Fsp3) is 0.312. The Kier molecular flexibility index (Phi) is 5.59. The summed E-state index contributed by atoms with van der Waals surface area (Å²) in [6.45, 7) is 0.726. The van der Waals surface area contributed by atoms with Crippen LogP contribution in [0.3, 0.4) is 0 Å². The standard InChI is InChI=1S/C16H18N4O4S/c1-22-6-7-24-9-14(21)17-15-18-16-20(19-15)13(10-25-16)11-4-3-5-12(8-11)23-2/h3-5,8,10H,6-7,9H2,1-2H3,(H,17,19,21). The smallest absolute Gasteiger partial charge is 0.252 e.